The first-order valence-electron chi connectivity index (χ1n) is 8.66. The number of rotatable bonds is 5. The van der Waals surface area contributed by atoms with Crippen molar-refractivity contribution in [3.05, 3.63) is 30.9 Å². The van der Waals surface area contributed by atoms with Gasteiger partial charge in [-0.2, -0.15) is 0 Å². The maximum atomic E-state index is 5.39. The fourth-order valence-corrected chi connectivity index (χ4v) is 3.44. The van der Waals surface area contributed by atoms with Gasteiger partial charge in [-0.1, -0.05) is 0 Å². The molecule has 1 saturated heterocycles. The number of hydrogen-bond acceptors (Lipinski definition) is 7. The second-order valence-corrected chi connectivity index (χ2v) is 6.30. The van der Waals surface area contributed by atoms with Crippen LogP contribution in [0.4, 0.5) is 11.5 Å². The molecule has 1 aliphatic rings. The van der Waals surface area contributed by atoms with E-state index in [2.05, 4.69) is 30.2 Å². The van der Waals surface area contributed by atoms with Crippen molar-refractivity contribution in [1.29, 1.82) is 0 Å². The maximum absolute atomic E-state index is 5.39. The van der Waals surface area contributed by atoms with Crippen LogP contribution in [0.15, 0.2) is 30.9 Å². The second kappa shape index (κ2) is 7.07. The molecule has 1 aliphatic heterocycles. The van der Waals surface area contributed by atoms with E-state index in [9.17, 15) is 0 Å². The quantitative estimate of drug-likeness (QED) is 0.727. The Morgan fingerprint density at radius 2 is 2.04 bits per heavy atom. The lowest BCUT2D eigenvalue weighted by molar-refractivity contribution is 0.355. The molecular weight excluding hydrogens is 332 g/mol. The van der Waals surface area contributed by atoms with Gasteiger partial charge in [-0.05, 0) is 25.0 Å². The summed E-state index contributed by atoms with van der Waals surface area (Å²) in [5.41, 5.74) is 2.60. The Balaban J connectivity index is 1.51. The number of aromatic amines is 1. The number of imidazole rings is 1. The van der Waals surface area contributed by atoms with E-state index in [4.69, 9.17) is 9.47 Å². The van der Waals surface area contributed by atoms with Gasteiger partial charge in [0.05, 0.1) is 20.5 Å². The third-order valence-corrected chi connectivity index (χ3v) is 4.68. The summed E-state index contributed by atoms with van der Waals surface area (Å²) in [5, 5.41) is 3.60. The molecule has 8 nitrogen and oxygen atoms in total. The van der Waals surface area contributed by atoms with Gasteiger partial charge in [0.25, 0.3) is 0 Å². The van der Waals surface area contributed by atoms with Crippen molar-refractivity contribution in [3.63, 3.8) is 0 Å². The maximum Gasteiger partial charge on any atom is 0.182 e. The van der Waals surface area contributed by atoms with Gasteiger partial charge in [0.2, 0.25) is 0 Å². The monoisotopic (exact) mass is 354 g/mol. The van der Waals surface area contributed by atoms with E-state index in [0.717, 1.165) is 54.5 Å². The third-order valence-electron chi connectivity index (χ3n) is 4.68. The molecule has 26 heavy (non-hydrogen) atoms. The highest BCUT2D eigenvalue weighted by Gasteiger charge is 2.23. The van der Waals surface area contributed by atoms with Gasteiger partial charge in [0.1, 0.15) is 11.8 Å². The minimum Gasteiger partial charge on any atom is -0.493 e. The molecule has 8 heteroatoms. The Labute approximate surface area is 151 Å². The van der Waals surface area contributed by atoms with Gasteiger partial charge < -0.3 is 24.7 Å². The highest BCUT2D eigenvalue weighted by molar-refractivity contribution is 5.82. The molecule has 1 unspecified atom stereocenters. The van der Waals surface area contributed by atoms with Gasteiger partial charge in [-0.15, -0.1) is 0 Å². The molecule has 3 aromatic rings. The highest BCUT2D eigenvalue weighted by atomic mass is 16.5. The molecule has 1 atom stereocenters. The summed E-state index contributed by atoms with van der Waals surface area (Å²) < 4.78 is 10.7. The molecule has 0 radical (unpaired) electrons. The average molecular weight is 354 g/mol. The van der Waals surface area contributed by atoms with Crippen molar-refractivity contribution < 1.29 is 9.47 Å². The number of ether oxygens (including phenoxy) is 2. The number of anilines is 2. The number of fused-ring (bicyclic) bond motifs is 1. The molecule has 3 heterocycles. The summed E-state index contributed by atoms with van der Waals surface area (Å²) in [4.78, 5) is 18.3. The van der Waals surface area contributed by atoms with Crippen LogP contribution in [0.25, 0.3) is 11.2 Å². The van der Waals surface area contributed by atoms with E-state index in [1.165, 1.54) is 0 Å². The fraction of sp³-hybridized carbons (Fsp3) is 0.389. The first kappa shape index (κ1) is 16.4. The molecule has 0 saturated carbocycles. The van der Waals surface area contributed by atoms with E-state index in [1.807, 2.05) is 18.2 Å². The average Bonchev–Trinajstić information content (AvgIpc) is 3.17. The predicted octanol–water partition coefficient (Wildman–Crippen LogP) is 2.45. The SMILES string of the molecule is COc1ccc(NC2CCCN(c3ncnc4nc[nH]c34)C2)cc1OC. The number of benzene rings is 1. The van der Waals surface area contributed by atoms with Gasteiger partial charge in [0.15, 0.2) is 23.0 Å². The first-order chi connectivity index (χ1) is 12.8. The van der Waals surface area contributed by atoms with Crippen LogP contribution in [0.5, 0.6) is 11.5 Å². The topological polar surface area (TPSA) is 88.2 Å². The van der Waals surface area contributed by atoms with Gasteiger partial charge in [0, 0.05) is 30.9 Å². The summed E-state index contributed by atoms with van der Waals surface area (Å²) in [6, 6.07) is 6.21. The Morgan fingerprint density at radius 1 is 1.15 bits per heavy atom. The van der Waals surface area contributed by atoms with Crippen LogP contribution < -0.4 is 19.7 Å². The molecule has 136 valence electrons. The number of methoxy groups -OCH3 is 2. The molecule has 1 fully saturated rings. The van der Waals surface area contributed by atoms with Gasteiger partial charge >= 0.3 is 0 Å². The van der Waals surface area contributed by atoms with Crippen molar-refractivity contribution >= 4 is 22.7 Å². The number of nitrogens with zero attached hydrogens (tertiary/aromatic N) is 4. The van der Waals surface area contributed by atoms with Gasteiger partial charge in [-0.3, -0.25) is 0 Å². The van der Waals surface area contributed by atoms with E-state index in [-0.39, 0.29) is 0 Å². The van der Waals surface area contributed by atoms with Crippen LogP contribution in [0.3, 0.4) is 0 Å². The third kappa shape index (κ3) is 3.10. The van der Waals surface area contributed by atoms with Crippen LogP contribution in [-0.4, -0.2) is 53.3 Å². The highest BCUT2D eigenvalue weighted by Crippen LogP contribution is 2.31. The summed E-state index contributed by atoms with van der Waals surface area (Å²) in [6.45, 7) is 1.83. The van der Waals surface area contributed by atoms with Crippen LogP contribution >= 0.6 is 0 Å². The summed E-state index contributed by atoms with van der Waals surface area (Å²) in [6.07, 6.45) is 5.42. The predicted molar refractivity (Wildman–Crippen MR) is 100 cm³/mol. The van der Waals surface area contributed by atoms with Crippen molar-refractivity contribution in [3.8, 4) is 11.5 Å². The second-order valence-electron chi connectivity index (χ2n) is 6.30. The number of piperidine rings is 1. The number of H-pyrrole nitrogens is 1. The standard InChI is InChI=1S/C18H22N6O2/c1-25-14-6-5-12(8-15(14)26-2)23-13-4-3-7-24(9-13)18-16-17(20-10-19-16)21-11-22-18/h5-6,8,10-11,13,23H,3-4,7,9H2,1-2H3,(H,19,20,21,22). The first-order valence-corrected chi connectivity index (χ1v) is 8.66. The number of hydrogen-bond donors (Lipinski definition) is 2. The molecule has 2 aromatic heterocycles. The molecule has 0 bridgehead atoms. The van der Waals surface area contributed by atoms with E-state index in [0.29, 0.717) is 11.7 Å². The Morgan fingerprint density at radius 3 is 2.88 bits per heavy atom. The van der Waals surface area contributed by atoms with Crippen molar-refractivity contribution in [2.45, 2.75) is 18.9 Å². The molecule has 0 amide bonds. The van der Waals surface area contributed by atoms with Crippen molar-refractivity contribution in [2.75, 3.05) is 37.5 Å². The number of aromatic nitrogens is 4. The van der Waals surface area contributed by atoms with Crippen molar-refractivity contribution in [1.82, 2.24) is 19.9 Å². The minimum absolute atomic E-state index is 0.315. The minimum atomic E-state index is 0.315. The lowest BCUT2D eigenvalue weighted by atomic mass is 10.1. The number of nitrogens with one attached hydrogen (secondary N) is 2. The zero-order valence-electron chi connectivity index (χ0n) is 14.9. The van der Waals surface area contributed by atoms with Crippen LogP contribution in [-0.2, 0) is 0 Å². The Kier molecular flexibility index (Phi) is 4.47. The Bertz CT molecular complexity index is 896. The molecular formula is C18H22N6O2. The largest absolute Gasteiger partial charge is 0.493 e. The lowest BCUT2D eigenvalue weighted by Gasteiger charge is -2.34. The molecule has 2 N–H and O–H groups in total. The zero-order chi connectivity index (χ0) is 17.9. The van der Waals surface area contributed by atoms with Crippen LogP contribution in [0.2, 0.25) is 0 Å². The fourth-order valence-electron chi connectivity index (χ4n) is 3.44. The van der Waals surface area contributed by atoms with Crippen LogP contribution in [0, 0.1) is 0 Å². The molecule has 0 aliphatic carbocycles. The van der Waals surface area contributed by atoms with Gasteiger partial charge in [-0.25, -0.2) is 15.0 Å². The molecule has 1 aromatic carbocycles. The normalized spacial score (nSPS) is 17.3. The molecule has 0 spiro atoms. The van der Waals surface area contributed by atoms with E-state index < -0.39 is 0 Å². The smallest absolute Gasteiger partial charge is 0.182 e. The zero-order valence-corrected chi connectivity index (χ0v) is 14.9. The summed E-state index contributed by atoms with van der Waals surface area (Å²) >= 11 is 0. The Hall–Kier alpha value is -3.03. The lowest BCUT2D eigenvalue weighted by Crippen LogP contribution is -2.42. The summed E-state index contributed by atoms with van der Waals surface area (Å²) in [5.74, 6) is 2.36. The van der Waals surface area contributed by atoms with Crippen LogP contribution in [0.1, 0.15) is 12.8 Å². The van der Waals surface area contributed by atoms with Crippen molar-refractivity contribution in [2.24, 2.45) is 0 Å². The van der Waals surface area contributed by atoms with E-state index in [1.54, 1.807) is 26.9 Å². The van der Waals surface area contributed by atoms with E-state index >= 15 is 0 Å². The molecule has 4 rings (SSSR count). The summed E-state index contributed by atoms with van der Waals surface area (Å²) in [7, 11) is 3.29.